The molecule has 30 heavy (non-hydrogen) atoms. The fourth-order valence-corrected chi connectivity index (χ4v) is 4.07. The van der Waals surface area contributed by atoms with Gasteiger partial charge in [-0.15, -0.1) is 0 Å². The Balaban J connectivity index is 1.68. The van der Waals surface area contributed by atoms with Crippen LogP contribution in [0.2, 0.25) is 0 Å². The number of nitrogens with one attached hydrogen (secondary N) is 2. The molecule has 1 atom stereocenters. The predicted octanol–water partition coefficient (Wildman–Crippen LogP) is 0.455. The van der Waals surface area contributed by atoms with Crippen molar-refractivity contribution < 1.29 is 13.2 Å². The number of aromatic nitrogens is 2. The molecular formula is C21H23AsN4O3S. The van der Waals surface area contributed by atoms with E-state index in [1.807, 2.05) is 36.4 Å². The van der Waals surface area contributed by atoms with E-state index in [1.165, 1.54) is 23.1 Å². The van der Waals surface area contributed by atoms with E-state index in [1.54, 1.807) is 25.4 Å². The molecule has 7 nitrogen and oxygen atoms in total. The van der Waals surface area contributed by atoms with Crippen LogP contribution >= 0.6 is 0 Å². The van der Waals surface area contributed by atoms with E-state index in [0.717, 1.165) is 16.7 Å². The number of sulfone groups is 1. The molecule has 1 aromatic heterocycles. The van der Waals surface area contributed by atoms with E-state index in [4.69, 9.17) is 0 Å². The summed E-state index contributed by atoms with van der Waals surface area (Å²) in [5, 5.41) is 5.95. The molecule has 1 amide bonds. The minimum absolute atomic E-state index is 0.247. The number of benzene rings is 2. The molecule has 0 spiro atoms. The SMILES string of the molecule is CNC(=O)c1nc(-c2cccc(CNCc3ccc(S(C)(=O)=O)cc3)c2)cnc1[AsH2]. The molecule has 2 N–H and O–H groups in total. The zero-order valence-corrected chi connectivity index (χ0v) is 20.0. The molecule has 3 rings (SSSR count). The van der Waals surface area contributed by atoms with Gasteiger partial charge in [-0.3, -0.25) is 0 Å². The zero-order chi connectivity index (χ0) is 21.7. The first-order valence-electron chi connectivity index (χ1n) is 9.21. The van der Waals surface area contributed by atoms with Crippen molar-refractivity contribution in [2.45, 2.75) is 18.0 Å². The van der Waals surface area contributed by atoms with Crippen molar-refractivity contribution in [3.63, 3.8) is 0 Å². The monoisotopic (exact) mass is 486 g/mol. The van der Waals surface area contributed by atoms with Gasteiger partial charge in [0.15, 0.2) is 9.84 Å². The minimum atomic E-state index is -3.18. The summed E-state index contributed by atoms with van der Waals surface area (Å²) in [5.74, 6) is -0.247. The van der Waals surface area contributed by atoms with Gasteiger partial charge in [-0.25, -0.2) is 8.42 Å². The van der Waals surface area contributed by atoms with Gasteiger partial charge in [0.1, 0.15) is 0 Å². The number of nitrogens with zero attached hydrogens (tertiary/aromatic N) is 2. The van der Waals surface area contributed by atoms with Crippen molar-refractivity contribution in [3.8, 4) is 11.3 Å². The second-order valence-corrected chi connectivity index (χ2v) is 9.95. The molecule has 0 bridgehead atoms. The van der Waals surface area contributed by atoms with Gasteiger partial charge in [-0.2, -0.15) is 0 Å². The van der Waals surface area contributed by atoms with Gasteiger partial charge in [-0.1, -0.05) is 0 Å². The second-order valence-electron chi connectivity index (χ2n) is 6.79. The van der Waals surface area contributed by atoms with E-state index in [2.05, 4.69) is 20.6 Å². The molecule has 0 aliphatic heterocycles. The van der Waals surface area contributed by atoms with Crippen LogP contribution in [-0.4, -0.2) is 54.4 Å². The summed E-state index contributed by atoms with van der Waals surface area (Å²) in [7, 11) is -1.61. The van der Waals surface area contributed by atoms with Gasteiger partial charge in [0.2, 0.25) is 0 Å². The molecule has 0 aliphatic carbocycles. The molecule has 0 aliphatic rings. The normalized spacial score (nSPS) is 11.3. The van der Waals surface area contributed by atoms with Gasteiger partial charge in [-0.05, 0) is 12.1 Å². The van der Waals surface area contributed by atoms with Crippen LogP contribution in [-0.2, 0) is 22.9 Å². The fraction of sp³-hybridized carbons (Fsp3) is 0.190. The molecule has 1 heterocycles. The topological polar surface area (TPSA) is 101 Å². The summed E-state index contributed by atoms with van der Waals surface area (Å²) in [6, 6.07) is 14.8. The van der Waals surface area contributed by atoms with Crippen molar-refractivity contribution in [1.82, 2.24) is 20.6 Å². The molecule has 0 radical (unpaired) electrons. The van der Waals surface area contributed by atoms with Gasteiger partial charge in [0.05, 0.1) is 4.90 Å². The summed E-state index contributed by atoms with van der Waals surface area (Å²) < 4.78 is 23.7. The maximum atomic E-state index is 12.0. The van der Waals surface area contributed by atoms with Crippen LogP contribution in [0, 0.1) is 0 Å². The first-order chi connectivity index (χ1) is 14.3. The van der Waals surface area contributed by atoms with Crippen LogP contribution in [0.4, 0.5) is 0 Å². The Morgan fingerprint density at radius 3 is 2.43 bits per heavy atom. The summed E-state index contributed by atoms with van der Waals surface area (Å²) in [4.78, 5) is 21.1. The van der Waals surface area contributed by atoms with E-state index >= 15 is 0 Å². The molecule has 3 aromatic rings. The number of rotatable bonds is 7. The van der Waals surface area contributed by atoms with Gasteiger partial charge < -0.3 is 0 Å². The number of hydrogen-bond donors (Lipinski definition) is 2. The number of hydrogen-bond acceptors (Lipinski definition) is 6. The standard InChI is InChI=1S/C21H23AsN4O3S/c1-23-21(27)19-20(22)25-13-18(26-19)16-5-3-4-15(10-16)12-24-11-14-6-8-17(9-7-14)30(2,28)29/h3-10,13,24H,11-12,22H2,1-2H3,(H,23,27). The third-order valence-corrected chi connectivity index (χ3v) is 6.49. The molecule has 0 fully saturated rings. The van der Waals surface area contributed by atoms with E-state index in [-0.39, 0.29) is 5.91 Å². The van der Waals surface area contributed by atoms with Crippen LogP contribution in [0.3, 0.4) is 0 Å². The van der Waals surface area contributed by atoms with Crippen LogP contribution in [0.1, 0.15) is 21.6 Å². The summed E-state index contributed by atoms with van der Waals surface area (Å²) in [5.41, 5.74) is 3.94. The van der Waals surface area contributed by atoms with Gasteiger partial charge in [0.25, 0.3) is 0 Å². The number of carbonyl (C=O) groups is 1. The average molecular weight is 486 g/mol. The summed E-state index contributed by atoms with van der Waals surface area (Å²) in [6.07, 6.45) is 2.88. The molecule has 2 aromatic carbocycles. The Hall–Kier alpha value is -2.54. The quantitative estimate of drug-likeness (QED) is 0.471. The summed E-state index contributed by atoms with van der Waals surface area (Å²) >= 11 is 1.25. The molecule has 0 saturated heterocycles. The van der Waals surface area contributed by atoms with Crippen LogP contribution in [0.5, 0.6) is 0 Å². The molecule has 1 unspecified atom stereocenters. The van der Waals surface area contributed by atoms with Gasteiger partial charge >= 0.3 is 143 Å². The van der Waals surface area contributed by atoms with Crippen molar-refractivity contribution in [2.24, 2.45) is 0 Å². The zero-order valence-electron chi connectivity index (χ0n) is 16.7. The van der Waals surface area contributed by atoms with Crippen molar-refractivity contribution in [2.75, 3.05) is 13.3 Å². The molecule has 0 saturated carbocycles. The Kier molecular flexibility index (Phi) is 7.02. The third-order valence-electron chi connectivity index (χ3n) is 4.48. The van der Waals surface area contributed by atoms with Crippen molar-refractivity contribution in [3.05, 3.63) is 71.5 Å². The van der Waals surface area contributed by atoms with E-state index in [0.29, 0.717) is 33.9 Å². The van der Waals surface area contributed by atoms with Crippen molar-refractivity contribution in [1.29, 1.82) is 0 Å². The number of carbonyl (C=O) groups excluding carboxylic acids is 1. The van der Waals surface area contributed by atoms with Gasteiger partial charge in [0, 0.05) is 6.26 Å². The van der Waals surface area contributed by atoms with Crippen LogP contribution in [0.15, 0.2) is 59.6 Å². The first kappa shape index (κ1) is 22.2. The van der Waals surface area contributed by atoms with E-state index in [9.17, 15) is 13.2 Å². The Morgan fingerprint density at radius 1 is 1.07 bits per heavy atom. The summed E-state index contributed by atoms with van der Waals surface area (Å²) in [6.45, 7) is 1.24. The van der Waals surface area contributed by atoms with Crippen LogP contribution in [0.25, 0.3) is 11.3 Å². The number of amides is 1. The average Bonchev–Trinajstić information content (AvgIpc) is 2.73. The first-order valence-corrected chi connectivity index (χ1v) is 12.3. The molecular weight excluding hydrogens is 463 g/mol. The maximum absolute atomic E-state index is 12.0. The second kappa shape index (κ2) is 9.51. The predicted molar refractivity (Wildman–Crippen MR) is 119 cm³/mol. The molecule has 9 heteroatoms. The van der Waals surface area contributed by atoms with Crippen molar-refractivity contribution >= 4 is 37.1 Å². The molecule has 156 valence electrons. The van der Waals surface area contributed by atoms with Crippen LogP contribution < -0.4 is 15.1 Å². The fourth-order valence-electron chi connectivity index (χ4n) is 2.87. The Labute approximate surface area is 184 Å². The van der Waals surface area contributed by atoms with E-state index < -0.39 is 9.84 Å². The Morgan fingerprint density at radius 2 is 1.77 bits per heavy atom. The third kappa shape index (κ3) is 5.53. The Bertz CT molecular complexity index is 1170.